The van der Waals surface area contributed by atoms with Gasteiger partial charge in [-0.15, -0.1) is 0 Å². The number of fused-ring (bicyclic) bond motifs is 1. The second-order valence-corrected chi connectivity index (χ2v) is 31.2. The van der Waals surface area contributed by atoms with Crippen LogP contribution in [0.15, 0.2) is 97.1 Å². The van der Waals surface area contributed by atoms with Crippen LogP contribution in [0.2, 0.25) is 0 Å². The number of aromatic hydroxyl groups is 1. The monoisotopic (exact) mass is 681 g/mol. The van der Waals surface area contributed by atoms with E-state index in [9.17, 15) is 5.11 Å². The van der Waals surface area contributed by atoms with E-state index in [1.54, 1.807) is 0 Å². The van der Waals surface area contributed by atoms with Gasteiger partial charge in [0, 0.05) is 11.3 Å². The van der Waals surface area contributed by atoms with E-state index < -0.39 is 19.6 Å². The first-order valence-corrected chi connectivity index (χ1v) is 23.9. The number of benzene rings is 4. The number of phenols is 1. The van der Waals surface area contributed by atoms with Gasteiger partial charge in [-0.2, -0.15) is 0 Å². The molecule has 0 spiro atoms. The number of hydrogen-bond acceptors (Lipinski definition) is 1. The standard InChI is InChI=1S/C33H36NOP.4ClH.Ti/c1-32(2,3)23-21-26(30(35)27(22-23)33(4,5)6)31-34-28-19-13-14-20-29(28)36(31,24-15-9-7-10-16-24)25-17-11-8-12-18-25;;;;;/h7-22,31,35H,1-6H3;4*1H;/q;;;;;+4/p-4. The summed E-state index contributed by atoms with van der Waals surface area (Å²) in [5.74, 6) is 0.177. The molecule has 1 aliphatic rings. The summed E-state index contributed by atoms with van der Waals surface area (Å²) in [5, 5.41) is 21.2. The van der Waals surface area contributed by atoms with Gasteiger partial charge in [-0.1, -0.05) is 108 Å². The molecule has 2 nitrogen and oxygen atoms in total. The van der Waals surface area contributed by atoms with Crippen LogP contribution in [0.25, 0.3) is 5.32 Å². The predicted octanol–water partition coefficient (Wildman–Crippen LogP) is 10.8. The van der Waals surface area contributed by atoms with Gasteiger partial charge in [-0.25, -0.2) is 0 Å². The Labute approximate surface area is 264 Å². The molecule has 0 saturated carbocycles. The molecule has 216 valence electrons. The van der Waals surface area contributed by atoms with Gasteiger partial charge in [0.25, 0.3) is 0 Å². The van der Waals surface area contributed by atoms with E-state index in [4.69, 9.17) is 42.5 Å². The third-order valence-corrected chi connectivity index (χ3v) is 11.8. The quantitative estimate of drug-likeness (QED) is 0.169. The molecule has 0 fully saturated rings. The van der Waals surface area contributed by atoms with Crippen molar-refractivity contribution >= 4 is 66.1 Å². The fourth-order valence-corrected chi connectivity index (χ4v) is 10.1. The van der Waals surface area contributed by atoms with Crippen LogP contribution in [-0.4, -0.2) is 5.11 Å². The van der Waals surface area contributed by atoms with Crippen LogP contribution in [0.1, 0.15) is 64.0 Å². The first kappa shape index (κ1) is 32.7. The van der Waals surface area contributed by atoms with Gasteiger partial charge in [0.1, 0.15) is 23.6 Å². The number of halogens is 4. The summed E-state index contributed by atoms with van der Waals surface area (Å²) >= 11 is -3.11. The van der Waals surface area contributed by atoms with Crippen LogP contribution in [0.4, 0.5) is 5.69 Å². The second-order valence-electron chi connectivity index (χ2n) is 12.3. The topological polar surface area (TPSA) is 34.3 Å². The van der Waals surface area contributed by atoms with E-state index >= 15 is 0 Å². The van der Waals surface area contributed by atoms with Crippen molar-refractivity contribution in [1.29, 1.82) is 0 Å². The summed E-state index contributed by atoms with van der Waals surface area (Å²) in [6.07, 6.45) is 0. The Morgan fingerprint density at radius 3 is 1.61 bits per heavy atom. The van der Waals surface area contributed by atoms with Gasteiger partial charge in [-0.05, 0) is 58.4 Å². The molecule has 1 unspecified atom stereocenters. The van der Waals surface area contributed by atoms with Crippen molar-refractivity contribution in [2.75, 3.05) is 0 Å². The van der Waals surface area contributed by atoms with Crippen LogP contribution < -0.4 is 15.9 Å². The molecule has 0 bridgehead atoms. The van der Waals surface area contributed by atoms with Crippen molar-refractivity contribution in [2.45, 2.75) is 58.2 Å². The van der Waals surface area contributed by atoms with Gasteiger partial charge in [0.15, 0.2) is 0 Å². The fourth-order valence-electron chi connectivity index (χ4n) is 5.39. The van der Waals surface area contributed by atoms with Crippen molar-refractivity contribution in [1.82, 2.24) is 0 Å². The van der Waals surface area contributed by atoms with Crippen molar-refractivity contribution in [3.05, 3.63) is 119 Å². The summed E-state index contributed by atoms with van der Waals surface area (Å²) in [7, 11) is 17.8. The summed E-state index contributed by atoms with van der Waals surface area (Å²) in [4.78, 5) is 0. The molecule has 4 aromatic carbocycles. The molecule has 41 heavy (non-hydrogen) atoms. The van der Waals surface area contributed by atoms with Gasteiger partial charge < -0.3 is 10.4 Å². The fraction of sp³-hybridized carbons (Fsp3) is 0.273. The molecule has 0 aliphatic carbocycles. The average molecular weight is 683 g/mol. The van der Waals surface area contributed by atoms with E-state index in [0.29, 0.717) is 5.75 Å². The Hall–Kier alpha value is -1.22. The van der Waals surface area contributed by atoms with Gasteiger partial charge in [-0.3, -0.25) is 0 Å². The van der Waals surface area contributed by atoms with Gasteiger partial charge in [0.05, 0.1) is 5.30 Å². The normalized spacial score (nSPS) is 16.3. The molecular formula is C33H36Cl4NOPTi. The molecule has 1 atom stereocenters. The van der Waals surface area contributed by atoms with E-state index in [2.05, 4.69) is 139 Å². The van der Waals surface area contributed by atoms with E-state index in [-0.39, 0.29) is 16.6 Å². The second kappa shape index (κ2) is 12.4. The van der Waals surface area contributed by atoms with Crippen molar-refractivity contribution in [3.8, 4) is 5.75 Å². The molecule has 0 aromatic heterocycles. The number of hydrogen-bond donors (Lipinski definition) is 1. The maximum atomic E-state index is 11.9. The Bertz CT molecular complexity index is 1450. The summed E-state index contributed by atoms with van der Waals surface area (Å²) in [6, 6.07) is 34.7. The zero-order chi connectivity index (χ0) is 30.2. The first-order chi connectivity index (χ1) is 19.0. The van der Waals surface area contributed by atoms with Gasteiger partial charge in [0.2, 0.25) is 0 Å². The summed E-state index contributed by atoms with van der Waals surface area (Å²) in [6.45, 7) is 13.3. The van der Waals surface area contributed by atoms with Crippen LogP contribution in [0, 0.1) is 0 Å². The molecule has 8 heteroatoms. The summed E-state index contributed by atoms with van der Waals surface area (Å²) < 4.78 is 0. The van der Waals surface area contributed by atoms with Crippen LogP contribution >= 0.6 is 44.5 Å². The summed E-state index contributed by atoms with van der Waals surface area (Å²) in [5.41, 5.74) is 3.91. The maximum absolute atomic E-state index is 11.9. The molecule has 0 radical (unpaired) electrons. The molecule has 1 heterocycles. The molecule has 1 aliphatic heterocycles. The number of para-hydroxylation sites is 1. The number of rotatable bonds is 3. The molecule has 0 amide bonds. The number of phenolic OH excluding ortho intramolecular Hbond substituents is 1. The van der Waals surface area contributed by atoms with Crippen molar-refractivity contribution in [3.63, 3.8) is 0 Å². The Morgan fingerprint density at radius 2 is 1.15 bits per heavy atom. The zero-order valence-electron chi connectivity index (χ0n) is 24.2. The van der Waals surface area contributed by atoms with E-state index in [1.165, 1.54) is 21.5 Å². The van der Waals surface area contributed by atoms with Crippen LogP contribution in [-0.2, 0) is 23.2 Å². The molecule has 0 saturated heterocycles. The molecule has 5 rings (SSSR count). The SMILES string of the molecule is CC(C)(C)c1cc(C2[N-]c3ccccc3[P+]2(c2ccccc2)c2ccccc2)c(O)c(C(C)(C)C)c1.[Cl][Ti]([Cl])([Cl])[Cl]. The first-order valence-electron chi connectivity index (χ1n) is 13.5. The molecule has 4 aromatic rings. The van der Waals surface area contributed by atoms with E-state index in [1.807, 2.05) is 0 Å². The minimum atomic E-state index is -3.11. The Kier molecular flexibility index (Phi) is 9.90. The zero-order valence-corrected chi connectivity index (χ0v) is 29.6. The third-order valence-electron chi connectivity index (χ3n) is 7.31. The van der Waals surface area contributed by atoms with Crippen LogP contribution in [0.5, 0.6) is 5.75 Å². The number of nitrogens with zero attached hydrogens (tertiary/aromatic N) is 1. The Morgan fingerprint density at radius 1 is 0.683 bits per heavy atom. The average Bonchev–Trinajstić information content (AvgIpc) is 3.23. The predicted molar refractivity (Wildman–Crippen MR) is 180 cm³/mol. The molecule has 1 N–H and O–H groups in total. The minimum absolute atomic E-state index is 0.0610. The Balaban J connectivity index is 0.000000714. The third kappa shape index (κ3) is 7.13. The van der Waals surface area contributed by atoms with Gasteiger partial charge >= 0.3 is 49.6 Å². The van der Waals surface area contributed by atoms with E-state index in [0.717, 1.165) is 16.8 Å². The van der Waals surface area contributed by atoms with Crippen molar-refractivity contribution in [2.24, 2.45) is 0 Å². The molecular weight excluding hydrogens is 647 g/mol. The van der Waals surface area contributed by atoms with Crippen molar-refractivity contribution < 1.29 is 17.5 Å². The van der Waals surface area contributed by atoms with Crippen LogP contribution in [0.3, 0.4) is 0 Å².